The molecule has 1 aliphatic rings. The average Bonchev–Trinajstić information content (AvgIpc) is 2.88. The molecule has 19 heavy (non-hydrogen) atoms. The van der Waals surface area contributed by atoms with E-state index in [0.29, 0.717) is 6.04 Å². The number of hydrogen-bond acceptors (Lipinski definition) is 1. The zero-order chi connectivity index (χ0) is 13.8. The molecule has 106 valence electrons. The number of rotatable bonds is 5. The molecule has 2 rings (SSSR count). The lowest BCUT2D eigenvalue weighted by atomic mass is 9.89. The minimum absolute atomic E-state index is 0.556. The van der Waals surface area contributed by atoms with Crippen molar-refractivity contribution in [3.63, 3.8) is 0 Å². The van der Waals surface area contributed by atoms with Crippen LogP contribution in [-0.4, -0.2) is 6.54 Å². The molecule has 1 N–H and O–H groups in total. The Kier molecular flexibility index (Phi) is 5.04. The Labute approximate surface area is 118 Å². The van der Waals surface area contributed by atoms with Crippen LogP contribution in [0.2, 0.25) is 0 Å². The van der Waals surface area contributed by atoms with Crippen LogP contribution in [0.4, 0.5) is 0 Å². The zero-order valence-corrected chi connectivity index (χ0v) is 13.0. The maximum Gasteiger partial charge on any atom is 0.0348 e. The summed E-state index contributed by atoms with van der Waals surface area (Å²) in [5.74, 6) is 1.78. The van der Waals surface area contributed by atoms with E-state index in [0.717, 1.165) is 18.4 Å². The Bertz CT molecular complexity index is 410. The second kappa shape index (κ2) is 6.56. The predicted octanol–water partition coefficient (Wildman–Crippen LogP) is 4.78. The molecule has 0 amide bonds. The number of benzene rings is 1. The molecule has 0 bridgehead atoms. The molecule has 1 nitrogen and oxygen atoms in total. The Hall–Kier alpha value is -0.820. The third-order valence-electron chi connectivity index (χ3n) is 4.94. The fraction of sp³-hybridized carbons (Fsp3) is 0.667. The second-order valence-corrected chi connectivity index (χ2v) is 6.23. The molecular formula is C18H29N. The van der Waals surface area contributed by atoms with Gasteiger partial charge in [-0.1, -0.05) is 44.9 Å². The maximum absolute atomic E-state index is 3.73. The van der Waals surface area contributed by atoms with Crippen molar-refractivity contribution in [3.8, 4) is 0 Å². The SMILES string of the molecule is CCNC(c1ccc(C)c(C)c1)C1CCC(CC)C1. The van der Waals surface area contributed by atoms with Gasteiger partial charge in [0.05, 0.1) is 0 Å². The van der Waals surface area contributed by atoms with Crippen molar-refractivity contribution in [2.24, 2.45) is 11.8 Å². The van der Waals surface area contributed by atoms with Gasteiger partial charge in [-0.2, -0.15) is 0 Å². The highest BCUT2D eigenvalue weighted by Gasteiger charge is 2.30. The third kappa shape index (κ3) is 3.39. The molecular weight excluding hydrogens is 230 g/mol. The van der Waals surface area contributed by atoms with Gasteiger partial charge in [0.2, 0.25) is 0 Å². The van der Waals surface area contributed by atoms with Crippen LogP contribution >= 0.6 is 0 Å². The molecule has 1 fully saturated rings. The van der Waals surface area contributed by atoms with E-state index in [4.69, 9.17) is 0 Å². The van der Waals surface area contributed by atoms with E-state index in [1.165, 1.54) is 42.4 Å². The molecule has 0 spiro atoms. The number of hydrogen-bond donors (Lipinski definition) is 1. The van der Waals surface area contributed by atoms with Gasteiger partial charge in [-0.3, -0.25) is 0 Å². The Morgan fingerprint density at radius 2 is 1.95 bits per heavy atom. The normalized spacial score (nSPS) is 24.6. The summed E-state index contributed by atoms with van der Waals surface area (Å²) in [6.07, 6.45) is 5.57. The monoisotopic (exact) mass is 259 g/mol. The van der Waals surface area contributed by atoms with Crippen molar-refractivity contribution in [3.05, 3.63) is 34.9 Å². The zero-order valence-electron chi connectivity index (χ0n) is 13.0. The van der Waals surface area contributed by atoms with Crippen LogP contribution in [0.3, 0.4) is 0 Å². The molecule has 0 radical (unpaired) electrons. The first kappa shape index (κ1) is 14.6. The lowest BCUT2D eigenvalue weighted by Gasteiger charge is -2.26. The van der Waals surface area contributed by atoms with Crippen LogP contribution in [0.15, 0.2) is 18.2 Å². The second-order valence-electron chi connectivity index (χ2n) is 6.23. The first-order valence-corrected chi connectivity index (χ1v) is 7.96. The van der Waals surface area contributed by atoms with Crippen molar-refractivity contribution in [1.82, 2.24) is 5.32 Å². The van der Waals surface area contributed by atoms with Crippen molar-refractivity contribution < 1.29 is 0 Å². The Balaban J connectivity index is 2.17. The minimum Gasteiger partial charge on any atom is -0.310 e. The van der Waals surface area contributed by atoms with Crippen LogP contribution in [0.1, 0.15) is 62.3 Å². The Morgan fingerprint density at radius 3 is 2.53 bits per heavy atom. The van der Waals surface area contributed by atoms with Crippen LogP contribution in [0.25, 0.3) is 0 Å². The summed E-state index contributed by atoms with van der Waals surface area (Å²) in [7, 11) is 0. The van der Waals surface area contributed by atoms with Gasteiger partial charge in [-0.05, 0) is 61.8 Å². The quantitative estimate of drug-likeness (QED) is 0.802. The van der Waals surface area contributed by atoms with Gasteiger partial charge in [0.15, 0.2) is 0 Å². The maximum atomic E-state index is 3.73. The van der Waals surface area contributed by atoms with E-state index >= 15 is 0 Å². The standard InChI is InChI=1S/C18H29N/c1-5-15-8-10-17(12-15)18(19-6-2)16-9-7-13(3)14(4)11-16/h7,9,11,15,17-19H,5-6,8,10,12H2,1-4H3. The van der Waals surface area contributed by atoms with Gasteiger partial charge in [-0.25, -0.2) is 0 Å². The van der Waals surface area contributed by atoms with E-state index < -0.39 is 0 Å². The van der Waals surface area contributed by atoms with Gasteiger partial charge in [0.25, 0.3) is 0 Å². The van der Waals surface area contributed by atoms with Crippen molar-refractivity contribution >= 4 is 0 Å². The first-order valence-electron chi connectivity index (χ1n) is 7.96. The molecule has 1 aromatic carbocycles. The van der Waals surface area contributed by atoms with Gasteiger partial charge in [0, 0.05) is 6.04 Å². The van der Waals surface area contributed by atoms with Crippen LogP contribution < -0.4 is 5.32 Å². The molecule has 0 aromatic heterocycles. The van der Waals surface area contributed by atoms with Crippen LogP contribution in [0, 0.1) is 25.7 Å². The fourth-order valence-corrected chi connectivity index (χ4v) is 3.52. The molecule has 1 aliphatic carbocycles. The molecule has 0 aliphatic heterocycles. The molecule has 3 atom stereocenters. The summed E-state index contributed by atoms with van der Waals surface area (Å²) in [4.78, 5) is 0. The van der Waals surface area contributed by atoms with Gasteiger partial charge in [-0.15, -0.1) is 0 Å². The van der Waals surface area contributed by atoms with Crippen molar-refractivity contribution in [2.75, 3.05) is 6.54 Å². The minimum atomic E-state index is 0.556. The average molecular weight is 259 g/mol. The van der Waals surface area contributed by atoms with E-state index in [1.807, 2.05) is 0 Å². The summed E-state index contributed by atoms with van der Waals surface area (Å²) < 4.78 is 0. The van der Waals surface area contributed by atoms with Gasteiger partial charge < -0.3 is 5.32 Å². The largest absolute Gasteiger partial charge is 0.310 e. The first-order chi connectivity index (χ1) is 9.15. The van der Waals surface area contributed by atoms with E-state index in [1.54, 1.807) is 0 Å². The molecule has 0 saturated heterocycles. The van der Waals surface area contributed by atoms with Gasteiger partial charge in [0.1, 0.15) is 0 Å². The summed E-state index contributed by atoms with van der Waals surface area (Å²) >= 11 is 0. The van der Waals surface area contributed by atoms with Crippen molar-refractivity contribution in [1.29, 1.82) is 0 Å². The number of aryl methyl sites for hydroxylation is 2. The lowest BCUT2D eigenvalue weighted by Crippen LogP contribution is -2.27. The third-order valence-corrected chi connectivity index (χ3v) is 4.94. The fourth-order valence-electron chi connectivity index (χ4n) is 3.52. The Morgan fingerprint density at radius 1 is 1.16 bits per heavy atom. The van der Waals surface area contributed by atoms with Gasteiger partial charge >= 0.3 is 0 Å². The molecule has 1 heteroatoms. The van der Waals surface area contributed by atoms with E-state index in [-0.39, 0.29) is 0 Å². The summed E-state index contributed by atoms with van der Waals surface area (Å²) in [5.41, 5.74) is 4.31. The highest BCUT2D eigenvalue weighted by atomic mass is 14.9. The molecule has 1 saturated carbocycles. The summed E-state index contributed by atoms with van der Waals surface area (Å²) in [6, 6.07) is 7.55. The molecule has 1 aromatic rings. The van der Waals surface area contributed by atoms with E-state index in [2.05, 4.69) is 51.2 Å². The van der Waals surface area contributed by atoms with Crippen LogP contribution in [0.5, 0.6) is 0 Å². The van der Waals surface area contributed by atoms with Crippen LogP contribution in [-0.2, 0) is 0 Å². The highest BCUT2D eigenvalue weighted by molar-refractivity contribution is 5.32. The molecule has 3 unspecified atom stereocenters. The van der Waals surface area contributed by atoms with Crippen molar-refractivity contribution in [2.45, 2.75) is 59.4 Å². The highest BCUT2D eigenvalue weighted by Crippen LogP contribution is 2.40. The number of nitrogens with one attached hydrogen (secondary N) is 1. The summed E-state index contributed by atoms with van der Waals surface area (Å²) in [6.45, 7) is 10.0. The summed E-state index contributed by atoms with van der Waals surface area (Å²) in [5, 5.41) is 3.73. The predicted molar refractivity (Wildman–Crippen MR) is 83.5 cm³/mol. The van der Waals surface area contributed by atoms with E-state index in [9.17, 15) is 0 Å². The molecule has 0 heterocycles. The lowest BCUT2D eigenvalue weighted by molar-refractivity contribution is 0.359. The topological polar surface area (TPSA) is 12.0 Å². The smallest absolute Gasteiger partial charge is 0.0348 e.